The third kappa shape index (κ3) is 4.60. The molecule has 0 bridgehead atoms. The van der Waals surface area contributed by atoms with Gasteiger partial charge in [-0.25, -0.2) is 0 Å². The van der Waals surface area contributed by atoms with Crippen molar-refractivity contribution in [2.75, 3.05) is 20.0 Å². The van der Waals surface area contributed by atoms with Crippen molar-refractivity contribution in [1.82, 2.24) is 10.2 Å². The quantitative estimate of drug-likeness (QED) is 0.564. The fraction of sp³-hybridized carbons (Fsp3) is 0.714. The van der Waals surface area contributed by atoms with Crippen LogP contribution in [-0.4, -0.2) is 30.2 Å². The summed E-state index contributed by atoms with van der Waals surface area (Å²) in [5, 5.41) is 9.13. The van der Waals surface area contributed by atoms with Crippen LogP contribution < -0.4 is 0 Å². The second kappa shape index (κ2) is 7.31. The Hall–Kier alpha value is 0.830. The molecule has 1 aromatic heterocycles. The molecule has 1 aromatic rings. The van der Waals surface area contributed by atoms with E-state index < -0.39 is 5.69 Å². The van der Waals surface area contributed by atoms with Crippen molar-refractivity contribution < 1.29 is 9.05 Å². The molecular weight excluding hydrogens is 303 g/mol. The van der Waals surface area contributed by atoms with E-state index in [4.69, 9.17) is 20.9 Å². The van der Waals surface area contributed by atoms with Crippen LogP contribution in [0.5, 0.6) is 0 Å². The summed E-state index contributed by atoms with van der Waals surface area (Å²) in [7, 11) is 3.16. The molecular formula is C7H13N2O2PS4. The Bertz CT molecular complexity index is 365. The van der Waals surface area contributed by atoms with Gasteiger partial charge in [0.05, 0.1) is 5.75 Å². The standard InChI is InChI=1S/C7H13N2O2PS4/c1-4-14-7-9-8-6(16-7)5-15-12(13,10-2)11-3/h4-5H2,1-3H3. The lowest BCUT2D eigenvalue weighted by atomic mass is 10.9. The first kappa shape index (κ1) is 14.9. The molecule has 0 amide bonds. The highest BCUT2D eigenvalue weighted by atomic mass is 32.9. The van der Waals surface area contributed by atoms with Crippen LogP contribution in [0.4, 0.5) is 0 Å². The van der Waals surface area contributed by atoms with Crippen molar-refractivity contribution in [1.29, 1.82) is 0 Å². The Morgan fingerprint density at radius 2 is 2.06 bits per heavy atom. The van der Waals surface area contributed by atoms with E-state index in [9.17, 15) is 0 Å². The average Bonchev–Trinajstić information content (AvgIpc) is 2.74. The molecule has 1 heterocycles. The summed E-state index contributed by atoms with van der Waals surface area (Å²) in [6, 6.07) is 0. The molecule has 0 spiro atoms. The van der Waals surface area contributed by atoms with Crippen LogP contribution in [0.3, 0.4) is 0 Å². The van der Waals surface area contributed by atoms with Crippen LogP contribution in [0.25, 0.3) is 0 Å². The van der Waals surface area contributed by atoms with Gasteiger partial charge in [0.2, 0.25) is 5.69 Å². The molecule has 0 aliphatic carbocycles. The molecule has 0 saturated carbocycles. The van der Waals surface area contributed by atoms with Gasteiger partial charge < -0.3 is 9.05 Å². The molecule has 0 fully saturated rings. The van der Waals surface area contributed by atoms with Gasteiger partial charge in [0.1, 0.15) is 5.01 Å². The van der Waals surface area contributed by atoms with Crippen molar-refractivity contribution >= 4 is 52.0 Å². The molecule has 0 radical (unpaired) electrons. The second-order valence-corrected chi connectivity index (χ2v) is 11.6. The molecule has 0 N–H and O–H groups in total. The Labute approximate surface area is 113 Å². The van der Waals surface area contributed by atoms with E-state index in [0.29, 0.717) is 5.75 Å². The summed E-state index contributed by atoms with van der Waals surface area (Å²) in [5.41, 5.74) is -2.17. The monoisotopic (exact) mass is 316 g/mol. The second-order valence-electron chi connectivity index (χ2n) is 2.48. The Morgan fingerprint density at radius 3 is 2.62 bits per heavy atom. The van der Waals surface area contributed by atoms with Crippen LogP contribution in [0.15, 0.2) is 4.34 Å². The van der Waals surface area contributed by atoms with Crippen molar-refractivity contribution in [3.63, 3.8) is 0 Å². The molecule has 16 heavy (non-hydrogen) atoms. The maximum absolute atomic E-state index is 5.24. The van der Waals surface area contributed by atoms with Gasteiger partial charge in [-0.3, -0.25) is 0 Å². The van der Waals surface area contributed by atoms with Crippen molar-refractivity contribution in [2.45, 2.75) is 17.0 Å². The van der Waals surface area contributed by atoms with Gasteiger partial charge in [-0.15, -0.1) is 10.2 Å². The van der Waals surface area contributed by atoms with Crippen LogP contribution in [-0.2, 0) is 26.6 Å². The third-order valence-corrected chi connectivity index (χ3v) is 9.32. The first-order valence-electron chi connectivity index (χ1n) is 4.44. The predicted octanol–water partition coefficient (Wildman–Crippen LogP) is 3.40. The van der Waals surface area contributed by atoms with Gasteiger partial charge in [0, 0.05) is 14.2 Å². The number of thioether (sulfide) groups is 1. The molecule has 0 saturated heterocycles. The average molecular weight is 316 g/mol. The summed E-state index contributed by atoms with van der Waals surface area (Å²) in [4.78, 5) is 0. The minimum Gasteiger partial charge on any atom is -0.325 e. The summed E-state index contributed by atoms with van der Waals surface area (Å²) in [6.07, 6.45) is 0. The molecule has 0 unspecified atom stereocenters. The molecule has 1 rings (SSSR count). The van der Waals surface area contributed by atoms with Gasteiger partial charge in [-0.05, 0) is 17.6 Å². The van der Waals surface area contributed by atoms with E-state index in [2.05, 4.69) is 17.1 Å². The minimum atomic E-state index is -2.17. The molecule has 0 aliphatic heterocycles. The fourth-order valence-corrected chi connectivity index (χ4v) is 5.69. The SMILES string of the molecule is CCSc1nnc(CSP(=S)(OC)OC)s1. The number of hydrogen-bond acceptors (Lipinski definition) is 8. The number of rotatable bonds is 7. The topological polar surface area (TPSA) is 44.2 Å². The van der Waals surface area contributed by atoms with Gasteiger partial charge >= 0.3 is 0 Å². The molecule has 9 heteroatoms. The normalized spacial score (nSPS) is 11.9. The summed E-state index contributed by atoms with van der Waals surface area (Å²) >= 11 is 10.0. The minimum absolute atomic E-state index is 0.695. The van der Waals surface area contributed by atoms with Gasteiger partial charge in [-0.2, -0.15) is 0 Å². The zero-order valence-corrected chi connectivity index (χ0v) is 13.4. The summed E-state index contributed by atoms with van der Waals surface area (Å²) in [6.45, 7) is 2.09. The lowest BCUT2D eigenvalue weighted by molar-refractivity contribution is 0.354. The van der Waals surface area contributed by atoms with Gasteiger partial charge in [-0.1, -0.05) is 41.4 Å². The molecule has 0 aromatic carbocycles. The lowest BCUT2D eigenvalue weighted by Crippen LogP contribution is -1.85. The van der Waals surface area contributed by atoms with Crippen molar-refractivity contribution in [3.8, 4) is 0 Å². The largest absolute Gasteiger partial charge is 0.325 e. The van der Waals surface area contributed by atoms with E-state index in [1.165, 1.54) is 11.4 Å². The van der Waals surface area contributed by atoms with Gasteiger partial charge in [0.25, 0.3) is 0 Å². The first-order chi connectivity index (χ1) is 7.63. The van der Waals surface area contributed by atoms with Crippen LogP contribution in [0.2, 0.25) is 0 Å². The Kier molecular flexibility index (Phi) is 6.80. The number of aromatic nitrogens is 2. The van der Waals surface area contributed by atoms with E-state index >= 15 is 0 Å². The van der Waals surface area contributed by atoms with Crippen LogP contribution in [0, 0.1) is 0 Å². The number of nitrogens with zero attached hydrogens (tertiary/aromatic N) is 2. The van der Waals surface area contributed by atoms with Crippen molar-refractivity contribution in [2.24, 2.45) is 0 Å². The van der Waals surface area contributed by atoms with Crippen LogP contribution >= 0.6 is 40.2 Å². The molecule has 4 nitrogen and oxygen atoms in total. The third-order valence-electron chi connectivity index (χ3n) is 1.51. The van der Waals surface area contributed by atoms with E-state index in [1.807, 2.05) is 0 Å². The smallest absolute Gasteiger partial charge is 0.247 e. The summed E-state index contributed by atoms with van der Waals surface area (Å²) in [5.74, 6) is 1.71. The van der Waals surface area contributed by atoms with Gasteiger partial charge in [0.15, 0.2) is 4.34 Å². The predicted molar refractivity (Wildman–Crippen MR) is 75.9 cm³/mol. The lowest BCUT2D eigenvalue weighted by Gasteiger charge is -2.15. The number of hydrogen-bond donors (Lipinski definition) is 0. The zero-order valence-electron chi connectivity index (χ0n) is 9.21. The van der Waals surface area contributed by atoms with E-state index in [-0.39, 0.29) is 0 Å². The summed E-state index contributed by atoms with van der Waals surface area (Å²) < 4.78 is 11.4. The molecule has 0 aliphatic rings. The van der Waals surface area contributed by atoms with Crippen LogP contribution in [0.1, 0.15) is 11.9 Å². The molecule has 0 atom stereocenters. The Balaban J connectivity index is 2.50. The Morgan fingerprint density at radius 1 is 1.38 bits per heavy atom. The highest BCUT2D eigenvalue weighted by Gasteiger charge is 2.17. The maximum Gasteiger partial charge on any atom is 0.247 e. The fourth-order valence-electron chi connectivity index (χ4n) is 0.793. The zero-order chi connectivity index (χ0) is 12.0. The molecule has 92 valence electrons. The highest BCUT2D eigenvalue weighted by molar-refractivity contribution is 8.67. The van der Waals surface area contributed by atoms with E-state index in [1.54, 1.807) is 37.3 Å². The van der Waals surface area contributed by atoms with Crippen molar-refractivity contribution in [3.05, 3.63) is 5.01 Å². The maximum atomic E-state index is 5.24. The van der Waals surface area contributed by atoms with E-state index in [0.717, 1.165) is 15.1 Å². The first-order valence-corrected chi connectivity index (χ1v) is 10.5. The highest BCUT2D eigenvalue weighted by Crippen LogP contribution is 2.60.